The van der Waals surface area contributed by atoms with Crippen molar-refractivity contribution >= 4 is 21.6 Å². The number of anilines is 1. The van der Waals surface area contributed by atoms with Crippen LogP contribution in [0.4, 0.5) is 10.5 Å². The Kier molecular flexibility index (Phi) is 4.82. The van der Waals surface area contributed by atoms with E-state index in [9.17, 15) is 9.00 Å². The Morgan fingerprint density at radius 2 is 2.00 bits per heavy atom. The number of nitrogens with one attached hydrogen (secondary N) is 1. The number of aryl methyl sites for hydroxylation is 2. The topological polar surface area (TPSA) is 112 Å². The first-order valence-electron chi connectivity index (χ1n) is 10.7. The molecule has 2 aliphatic carbocycles. The van der Waals surface area contributed by atoms with Crippen molar-refractivity contribution in [3.05, 3.63) is 34.5 Å². The Labute approximate surface area is 176 Å². The van der Waals surface area contributed by atoms with E-state index in [-0.39, 0.29) is 10.9 Å². The monoisotopic (exact) mass is 429 g/mol. The zero-order valence-electron chi connectivity index (χ0n) is 17.1. The fraction of sp³-hybridized carbons (Fsp3) is 0.524. The van der Waals surface area contributed by atoms with Crippen LogP contribution in [0.3, 0.4) is 0 Å². The number of hydrogen-bond donors (Lipinski definition) is 2. The maximum Gasteiger partial charge on any atom is 0.354 e. The summed E-state index contributed by atoms with van der Waals surface area (Å²) in [4.78, 5) is 13.0. The van der Waals surface area contributed by atoms with Crippen LogP contribution in [0.1, 0.15) is 60.9 Å². The highest BCUT2D eigenvalue weighted by atomic mass is 32.2. The minimum Gasteiger partial charge on any atom is -0.477 e. The molecule has 0 spiro atoms. The third-order valence-corrected chi connectivity index (χ3v) is 7.81. The SMILES string of the molecule is CC[C@@H]1CCOc2c([S@](N)(=O)=NC(=O)Nc3c4c(cc5c3CCC5)CCC4)cnn21. The highest BCUT2D eigenvalue weighted by Gasteiger charge is 2.29. The third kappa shape index (κ3) is 3.20. The lowest BCUT2D eigenvalue weighted by atomic mass is 9.99. The summed E-state index contributed by atoms with van der Waals surface area (Å²) in [5, 5.41) is 13.3. The molecule has 0 radical (unpaired) electrons. The van der Waals surface area contributed by atoms with Gasteiger partial charge in [0.2, 0.25) is 5.88 Å². The van der Waals surface area contributed by atoms with E-state index in [0.717, 1.165) is 57.1 Å². The van der Waals surface area contributed by atoms with Crippen LogP contribution >= 0.6 is 0 Å². The molecular weight excluding hydrogens is 402 g/mol. The molecule has 0 saturated carbocycles. The number of rotatable bonds is 3. The van der Waals surface area contributed by atoms with Gasteiger partial charge in [-0.05, 0) is 67.2 Å². The Balaban J connectivity index is 1.48. The fourth-order valence-electron chi connectivity index (χ4n) is 4.99. The number of hydrogen-bond acceptors (Lipinski definition) is 4. The molecule has 3 aliphatic rings. The Morgan fingerprint density at radius 1 is 1.30 bits per heavy atom. The molecule has 160 valence electrons. The van der Waals surface area contributed by atoms with Gasteiger partial charge in [0.05, 0.1) is 18.8 Å². The fourth-order valence-corrected chi connectivity index (χ4v) is 5.98. The average molecular weight is 430 g/mol. The molecule has 1 aromatic carbocycles. The van der Waals surface area contributed by atoms with Crippen molar-refractivity contribution in [1.82, 2.24) is 9.78 Å². The zero-order valence-corrected chi connectivity index (χ0v) is 18.0. The molecule has 5 rings (SSSR count). The van der Waals surface area contributed by atoms with Crippen LogP contribution in [-0.2, 0) is 35.6 Å². The molecular formula is C21H27N5O3S. The second-order valence-electron chi connectivity index (χ2n) is 8.28. The second-order valence-corrected chi connectivity index (χ2v) is 10.0. The van der Waals surface area contributed by atoms with E-state index >= 15 is 0 Å². The van der Waals surface area contributed by atoms with E-state index < -0.39 is 15.9 Å². The van der Waals surface area contributed by atoms with Gasteiger partial charge in [0, 0.05) is 12.1 Å². The Hall–Kier alpha value is -2.39. The number of carbonyl (C=O) groups is 1. The number of nitrogens with zero attached hydrogens (tertiary/aromatic N) is 3. The van der Waals surface area contributed by atoms with Crippen LogP contribution in [-0.4, -0.2) is 26.6 Å². The Morgan fingerprint density at radius 3 is 2.67 bits per heavy atom. The van der Waals surface area contributed by atoms with Crippen molar-refractivity contribution in [3.8, 4) is 5.88 Å². The maximum absolute atomic E-state index is 13.2. The molecule has 30 heavy (non-hydrogen) atoms. The van der Waals surface area contributed by atoms with Gasteiger partial charge in [0.15, 0.2) is 9.92 Å². The van der Waals surface area contributed by atoms with E-state index in [2.05, 4.69) is 27.8 Å². The van der Waals surface area contributed by atoms with Gasteiger partial charge in [-0.1, -0.05) is 13.0 Å². The number of benzene rings is 1. The number of urea groups is 1. The summed E-state index contributed by atoms with van der Waals surface area (Å²) in [6, 6.07) is 1.78. The molecule has 0 fully saturated rings. The van der Waals surface area contributed by atoms with Crippen molar-refractivity contribution in [2.45, 2.75) is 69.2 Å². The van der Waals surface area contributed by atoms with Crippen molar-refractivity contribution < 1.29 is 13.7 Å². The molecule has 1 aliphatic heterocycles. The summed E-state index contributed by atoms with van der Waals surface area (Å²) in [5.74, 6) is 0.360. The lowest BCUT2D eigenvalue weighted by Crippen LogP contribution is -2.23. The number of aromatic nitrogens is 2. The predicted octanol–water partition coefficient (Wildman–Crippen LogP) is 3.53. The van der Waals surface area contributed by atoms with Crippen molar-refractivity contribution in [2.24, 2.45) is 9.50 Å². The molecule has 8 nitrogen and oxygen atoms in total. The number of ether oxygens (including phenoxy) is 1. The number of amides is 2. The summed E-state index contributed by atoms with van der Waals surface area (Å²) in [6.45, 7) is 2.57. The van der Waals surface area contributed by atoms with Gasteiger partial charge < -0.3 is 10.1 Å². The highest BCUT2D eigenvalue weighted by Crippen LogP contribution is 2.39. The predicted molar refractivity (Wildman–Crippen MR) is 114 cm³/mol. The van der Waals surface area contributed by atoms with E-state index in [1.54, 1.807) is 4.68 Å². The van der Waals surface area contributed by atoms with Crippen molar-refractivity contribution in [1.29, 1.82) is 0 Å². The van der Waals surface area contributed by atoms with Crippen LogP contribution in [0, 0.1) is 0 Å². The molecule has 2 heterocycles. The number of nitrogens with two attached hydrogens (primary N) is 1. The van der Waals surface area contributed by atoms with Crippen LogP contribution in [0.15, 0.2) is 21.5 Å². The van der Waals surface area contributed by atoms with Crippen LogP contribution in [0.25, 0.3) is 0 Å². The Bertz CT molecular complexity index is 1110. The summed E-state index contributed by atoms with van der Waals surface area (Å²) in [7, 11) is -3.48. The lowest BCUT2D eigenvalue weighted by Gasteiger charge is -2.24. The molecule has 2 aromatic rings. The van der Waals surface area contributed by atoms with Gasteiger partial charge in [-0.2, -0.15) is 5.10 Å². The van der Waals surface area contributed by atoms with E-state index in [1.807, 2.05) is 0 Å². The van der Waals surface area contributed by atoms with Gasteiger partial charge >= 0.3 is 6.03 Å². The van der Waals surface area contributed by atoms with E-state index in [4.69, 9.17) is 9.88 Å². The van der Waals surface area contributed by atoms with Gasteiger partial charge in [-0.3, -0.25) is 0 Å². The molecule has 0 unspecified atom stereocenters. The van der Waals surface area contributed by atoms with E-state index in [1.165, 1.54) is 28.5 Å². The average Bonchev–Trinajstić information content (AvgIpc) is 3.45. The van der Waals surface area contributed by atoms with Crippen LogP contribution in [0.2, 0.25) is 0 Å². The van der Waals surface area contributed by atoms with Gasteiger partial charge in [-0.25, -0.2) is 18.8 Å². The number of fused-ring (bicyclic) bond motifs is 3. The molecule has 1 aromatic heterocycles. The first-order valence-corrected chi connectivity index (χ1v) is 12.3. The smallest absolute Gasteiger partial charge is 0.354 e. The molecule has 2 atom stereocenters. The van der Waals surface area contributed by atoms with Crippen LogP contribution in [0.5, 0.6) is 5.88 Å². The quantitative estimate of drug-likeness (QED) is 0.777. The van der Waals surface area contributed by atoms with E-state index in [0.29, 0.717) is 12.5 Å². The zero-order chi connectivity index (χ0) is 20.9. The molecule has 9 heteroatoms. The summed E-state index contributed by atoms with van der Waals surface area (Å²) in [5.41, 5.74) is 5.87. The highest BCUT2D eigenvalue weighted by molar-refractivity contribution is 7.91. The first-order chi connectivity index (χ1) is 14.5. The molecule has 0 saturated heterocycles. The van der Waals surface area contributed by atoms with Gasteiger partial charge in [0.25, 0.3) is 0 Å². The largest absolute Gasteiger partial charge is 0.477 e. The van der Waals surface area contributed by atoms with Gasteiger partial charge in [-0.15, -0.1) is 4.36 Å². The van der Waals surface area contributed by atoms with Crippen molar-refractivity contribution in [2.75, 3.05) is 11.9 Å². The summed E-state index contributed by atoms with van der Waals surface area (Å²) >= 11 is 0. The third-order valence-electron chi connectivity index (χ3n) is 6.46. The minimum absolute atomic E-state index is 0.168. The molecule has 3 N–H and O–H groups in total. The van der Waals surface area contributed by atoms with Crippen LogP contribution < -0.4 is 15.2 Å². The second kappa shape index (κ2) is 7.39. The minimum atomic E-state index is -3.48. The normalized spacial score (nSPS) is 21.2. The van der Waals surface area contributed by atoms with Gasteiger partial charge in [0.1, 0.15) is 4.90 Å². The summed E-state index contributed by atoms with van der Waals surface area (Å²) < 4.78 is 24.5. The summed E-state index contributed by atoms with van der Waals surface area (Å²) in [6.07, 6.45) is 9.26. The first kappa shape index (κ1) is 19.6. The molecule has 0 bridgehead atoms. The molecule has 2 amide bonds. The maximum atomic E-state index is 13.2. The standard InChI is InChI=1S/C21H27N5O3S/c1-2-15-9-10-29-20-18(12-23-26(15)20)30(22,28)25-21(27)24-19-16-7-3-5-13(16)11-14-6-4-8-17(14)19/h11-12,15H,2-10H2,1H3,(H3,22,24,25,27,28)/t15-,30-/m1/s1. The number of carbonyl (C=O) groups excluding carboxylic acids is 1. The van der Waals surface area contributed by atoms with Crippen molar-refractivity contribution in [3.63, 3.8) is 0 Å². The lowest BCUT2D eigenvalue weighted by molar-refractivity contribution is 0.185.